The zero-order valence-corrected chi connectivity index (χ0v) is 20.9. The van der Waals surface area contributed by atoms with Gasteiger partial charge in [0.05, 0.1) is 15.1 Å². The van der Waals surface area contributed by atoms with Gasteiger partial charge in [0.1, 0.15) is 10.0 Å². The predicted octanol–water partition coefficient (Wildman–Crippen LogP) is 10.3. The van der Waals surface area contributed by atoms with E-state index in [-0.39, 0.29) is 30.9 Å². The Morgan fingerprint density at radius 1 is 0.586 bits per heavy atom. The minimum absolute atomic E-state index is 0.00946. The van der Waals surface area contributed by atoms with Gasteiger partial charge in [-0.3, -0.25) is 4.79 Å². The van der Waals surface area contributed by atoms with Crippen molar-refractivity contribution in [3.8, 4) is 5.75 Å². The average Bonchev–Trinajstić information content (AvgIpc) is 2.71. The van der Waals surface area contributed by atoms with E-state index in [1.54, 1.807) is 0 Å². The zero-order valence-electron chi connectivity index (χ0n) is 17.1. The minimum Gasteiger partial charge on any atom is -0.423 e. The summed E-state index contributed by atoms with van der Waals surface area (Å²) in [6.07, 6.45) is 16.5. The van der Waals surface area contributed by atoms with Crippen LogP contribution in [0.25, 0.3) is 0 Å². The standard InChI is InChI=1S/C22H31Cl5O2/c1-2-3-4-5-6-7-8-9-10-11-12-13-14-15-16(28)29-22-20(26)18(24)17(23)19(25)21(22)27/h2-15H2,1H3. The van der Waals surface area contributed by atoms with Gasteiger partial charge < -0.3 is 4.74 Å². The largest absolute Gasteiger partial charge is 0.423 e. The number of hydrogen-bond acceptors (Lipinski definition) is 2. The molecule has 0 aliphatic rings. The van der Waals surface area contributed by atoms with Crippen LogP contribution in [-0.2, 0) is 4.79 Å². The maximum Gasteiger partial charge on any atom is 0.311 e. The molecule has 0 saturated carbocycles. The van der Waals surface area contributed by atoms with E-state index < -0.39 is 5.97 Å². The lowest BCUT2D eigenvalue weighted by Gasteiger charge is -2.12. The van der Waals surface area contributed by atoms with Crippen LogP contribution in [0, 0.1) is 0 Å². The first-order valence-corrected chi connectivity index (χ1v) is 12.5. The van der Waals surface area contributed by atoms with Crippen molar-refractivity contribution < 1.29 is 9.53 Å². The van der Waals surface area contributed by atoms with E-state index in [4.69, 9.17) is 62.7 Å². The fourth-order valence-corrected chi connectivity index (χ4v) is 4.32. The lowest BCUT2D eigenvalue weighted by atomic mass is 10.0. The molecular formula is C22H31Cl5O2. The molecule has 1 aromatic rings. The smallest absolute Gasteiger partial charge is 0.311 e. The number of unbranched alkanes of at least 4 members (excludes halogenated alkanes) is 12. The van der Waals surface area contributed by atoms with Crippen LogP contribution in [0.3, 0.4) is 0 Å². The third-order valence-corrected chi connectivity index (χ3v) is 7.11. The van der Waals surface area contributed by atoms with E-state index in [1.165, 1.54) is 64.2 Å². The van der Waals surface area contributed by atoms with Crippen molar-refractivity contribution in [3.63, 3.8) is 0 Å². The van der Waals surface area contributed by atoms with Crippen molar-refractivity contribution in [1.82, 2.24) is 0 Å². The first kappa shape index (κ1) is 27.2. The second kappa shape index (κ2) is 15.9. The van der Waals surface area contributed by atoms with Crippen LogP contribution in [-0.4, -0.2) is 5.97 Å². The van der Waals surface area contributed by atoms with Gasteiger partial charge in [0.2, 0.25) is 0 Å². The topological polar surface area (TPSA) is 26.3 Å². The Labute approximate surface area is 200 Å². The fraction of sp³-hybridized carbons (Fsp3) is 0.682. The number of ether oxygens (including phenoxy) is 1. The molecule has 1 rings (SSSR count). The molecule has 0 amide bonds. The van der Waals surface area contributed by atoms with Gasteiger partial charge >= 0.3 is 5.97 Å². The summed E-state index contributed by atoms with van der Waals surface area (Å²) in [5.74, 6) is -0.446. The minimum atomic E-state index is -0.411. The molecule has 0 N–H and O–H groups in total. The summed E-state index contributed by atoms with van der Waals surface area (Å²) in [5.41, 5.74) is 0. The molecule has 2 nitrogen and oxygen atoms in total. The van der Waals surface area contributed by atoms with E-state index >= 15 is 0 Å². The van der Waals surface area contributed by atoms with Crippen LogP contribution < -0.4 is 4.74 Å². The van der Waals surface area contributed by atoms with Gasteiger partial charge in [0.15, 0.2) is 5.75 Å². The molecule has 0 saturated heterocycles. The monoisotopic (exact) mass is 502 g/mol. The maximum atomic E-state index is 12.1. The van der Waals surface area contributed by atoms with Crippen molar-refractivity contribution in [2.24, 2.45) is 0 Å². The van der Waals surface area contributed by atoms with Crippen LogP contribution in [0.2, 0.25) is 25.1 Å². The Kier molecular flexibility index (Phi) is 14.9. The average molecular weight is 505 g/mol. The number of carbonyl (C=O) groups excluding carboxylic acids is 1. The maximum absolute atomic E-state index is 12.1. The molecule has 0 unspecified atom stereocenters. The van der Waals surface area contributed by atoms with Crippen LogP contribution in [0.1, 0.15) is 96.8 Å². The molecule has 0 spiro atoms. The second-order valence-electron chi connectivity index (χ2n) is 7.37. The Bertz CT molecular complexity index is 605. The van der Waals surface area contributed by atoms with E-state index in [0.29, 0.717) is 6.42 Å². The SMILES string of the molecule is CCCCCCCCCCCCCCCC(=O)Oc1c(Cl)c(Cl)c(Cl)c(Cl)c1Cl. The predicted molar refractivity (Wildman–Crippen MR) is 127 cm³/mol. The molecule has 0 aliphatic carbocycles. The Morgan fingerprint density at radius 2 is 0.931 bits per heavy atom. The number of esters is 1. The van der Waals surface area contributed by atoms with Crippen LogP contribution in [0.15, 0.2) is 0 Å². The number of hydrogen-bond donors (Lipinski definition) is 0. The number of benzene rings is 1. The molecule has 0 radical (unpaired) electrons. The van der Waals surface area contributed by atoms with Crippen molar-refractivity contribution in [3.05, 3.63) is 25.1 Å². The molecule has 0 heterocycles. The second-order valence-corrected chi connectivity index (χ2v) is 9.26. The molecule has 7 heteroatoms. The van der Waals surface area contributed by atoms with Gasteiger partial charge in [-0.2, -0.15) is 0 Å². The van der Waals surface area contributed by atoms with Gasteiger partial charge in [-0.05, 0) is 6.42 Å². The summed E-state index contributed by atoms with van der Waals surface area (Å²) >= 11 is 30.0. The molecule has 29 heavy (non-hydrogen) atoms. The van der Waals surface area contributed by atoms with E-state index in [0.717, 1.165) is 19.3 Å². The van der Waals surface area contributed by atoms with Crippen molar-refractivity contribution >= 4 is 64.0 Å². The normalized spacial score (nSPS) is 11.1. The molecule has 0 bridgehead atoms. The summed E-state index contributed by atoms with van der Waals surface area (Å²) in [4.78, 5) is 12.1. The number of halogens is 5. The van der Waals surface area contributed by atoms with Gasteiger partial charge in [-0.15, -0.1) is 0 Å². The van der Waals surface area contributed by atoms with Crippen LogP contribution in [0.5, 0.6) is 5.75 Å². The summed E-state index contributed by atoms with van der Waals surface area (Å²) in [6, 6.07) is 0. The Hall–Kier alpha value is 0.140. The molecule has 0 atom stereocenters. The lowest BCUT2D eigenvalue weighted by molar-refractivity contribution is -0.134. The van der Waals surface area contributed by atoms with Crippen LogP contribution in [0.4, 0.5) is 0 Å². The summed E-state index contributed by atoms with van der Waals surface area (Å²) in [6.45, 7) is 2.25. The molecular weight excluding hydrogens is 474 g/mol. The molecule has 0 aliphatic heterocycles. The highest BCUT2D eigenvalue weighted by atomic mass is 35.5. The van der Waals surface area contributed by atoms with Crippen molar-refractivity contribution in [1.29, 1.82) is 0 Å². The summed E-state index contributed by atoms with van der Waals surface area (Å²) in [5, 5.41) is 0.0622. The number of rotatable bonds is 15. The molecule has 0 fully saturated rings. The molecule has 166 valence electrons. The number of carbonyl (C=O) groups is 1. The highest BCUT2D eigenvalue weighted by Crippen LogP contribution is 2.48. The first-order valence-electron chi connectivity index (χ1n) is 10.6. The van der Waals surface area contributed by atoms with E-state index in [2.05, 4.69) is 6.92 Å². The zero-order chi connectivity index (χ0) is 21.6. The fourth-order valence-electron chi connectivity index (χ4n) is 3.13. The van der Waals surface area contributed by atoms with Crippen LogP contribution >= 0.6 is 58.0 Å². The van der Waals surface area contributed by atoms with E-state index in [1.807, 2.05) is 0 Å². The van der Waals surface area contributed by atoms with Crippen molar-refractivity contribution in [2.45, 2.75) is 96.8 Å². The highest BCUT2D eigenvalue weighted by molar-refractivity contribution is 6.55. The lowest BCUT2D eigenvalue weighted by Crippen LogP contribution is -2.08. The molecule has 1 aromatic carbocycles. The first-order chi connectivity index (χ1) is 13.9. The molecule has 0 aromatic heterocycles. The van der Waals surface area contributed by atoms with Gasteiger partial charge in [0, 0.05) is 6.42 Å². The van der Waals surface area contributed by atoms with Gasteiger partial charge in [-0.25, -0.2) is 0 Å². The van der Waals surface area contributed by atoms with E-state index in [9.17, 15) is 4.79 Å². The van der Waals surface area contributed by atoms with Gasteiger partial charge in [0.25, 0.3) is 0 Å². The van der Waals surface area contributed by atoms with Gasteiger partial charge in [-0.1, -0.05) is 142 Å². The Balaban J connectivity index is 2.13. The summed E-state index contributed by atoms with van der Waals surface area (Å²) in [7, 11) is 0. The van der Waals surface area contributed by atoms with Crippen molar-refractivity contribution in [2.75, 3.05) is 0 Å². The quantitative estimate of drug-likeness (QED) is 0.0780. The summed E-state index contributed by atoms with van der Waals surface area (Å²) < 4.78 is 5.27. The third-order valence-electron chi connectivity index (χ3n) is 4.87. The Morgan fingerprint density at radius 3 is 1.34 bits per heavy atom. The third kappa shape index (κ3) is 10.3. The highest BCUT2D eigenvalue weighted by Gasteiger charge is 2.22.